The summed E-state index contributed by atoms with van der Waals surface area (Å²) in [6, 6.07) is 27.1. The van der Waals surface area contributed by atoms with Crippen molar-refractivity contribution in [2.24, 2.45) is 0 Å². The van der Waals surface area contributed by atoms with E-state index >= 15 is 0 Å². The van der Waals surface area contributed by atoms with E-state index in [1.807, 2.05) is 48.5 Å². The minimum absolute atomic E-state index is 0.221. The highest BCUT2D eigenvalue weighted by Crippen LogP contribution is 2.29. The number of anilines is 2. The minimum Gasteiger partial charge on any atom is -0.492 e. The molecule has 7 heteroatoms. The Morgan fingerprint density at radius 1 is 0.781 bits per heavy atom. The van der Waals surface area contributed by atoms with Gasteiger partial charge in [0, 0.05) is 36.3 Å². The van der Waals surface area contributed by atoms with E-state index in [1.54, 1.807) is 54.9 Å². The predicted molar refractivity (Wildman–Crippen MR) is 127 cm³/mol. The van der Waals surface area contributed by atoms with Crippen LogP contribution in [0.1, 0.15) is 0 Å². The molecule has 0 amide bonds. The van der Waals surface area contributed by atoms with Crippen molar-refractivity contribution in [1.29, 1.82) is 0 Å². The molecule has 0 fully saturated rings. The van der Waals surface area contributed by atoms with Gasteiger partial charge in [0.1, 0.15) is 12.4 Å². The van der Waals surface area contributed by atoms with E-state index in [0.29, 0.717) is 30.2 Å². The molecule has 1 aromatic heterocycles. The molecule has 2 N–H and O–H groups in total. The molecule has 162 valence electrons. The second-order valence-corrected chi connectivity index (χ2v) is 8.66. The summed E-state index contributed by atoms with van der Waals surface area (Å²) in [5, 5.41) is 3.23. The van der Waals surface area contributed by atoms with Crippen molar-refractivity contribution in [1.82, 2.24) is 4.98 Å². The summed E-state index contributed by atoms with van der Waals surface area (Å²) < 4.78 is 34.8. The van der Waals surface area contributed by atoms with Gasteiger partial charge in [-0.05, 0) is 35.9 Å². The van der Waals surface area contributed by atoms with E-state index in [0.717, 1.165) is 11.3 Å². The third kappa shape index (κ3) is 5.44. The lowest BCUT2D eigenvalue weighted by molar-refractivity contribution is 0.333. The summed E-state index contributed by atoms with van der Waals surface area (Å²) in [6.45, 7) is 1.03. The van der Waals surface area contributed by atoms with Gasteiger partial charge in [0.2, 0.25) is 0 Å². The number of ether oxygens (including phenoxy) is 1. The molecule has 0 aliphatic heterocycles. The Kier molecular flexibility index (Phi) is 6.67. The van der Waals surface area contributed by atoms with Crippen LogP contribution in [-0.4, -0.2) is 26.6 Å². The van der Waals surface area contributed by atoms with Crippen LogP contribution in [0.2, 0.25) is 0 Å². The highest BCUT2D eigenvalue weighted by Gasteiger charge is 2.19. The van der Waals surface area contributed by atoms with Crippen LogP contribution in [0.3, 0.4) is 0 Å². The molecule has 0 aliphatic rings. The van der Waals surface area contributed by atoms with E-state index in [4.69, 9.17) is 4.74 Å². The van der Waals surface area contributed by atoms with Gasteiger partial charge in [0.15, 0.2) is 0 Å². The van der Waals surface area contributed by atoms with Crippen molar-refractivity contribution >= 4 is 21.4 Å². The quantitative estimate of drug-likeness (QED) is 0.353. The molecule has 1 heterocycles. The maximum absolute atomic E-state index is 13.2. The molecule has 4 aromatic rings. The largest absolute Gasteiger partial charge is 0.492 e. The van der Waals surface area contributed by atoms with Crippen molar-refractivity contribution < 1.29 is 13.2 Å². The molecular formula is C25H23N3O3S. The maximum atomic E-state index is 13.2. The van der Waals surface area contributed by atoms with Gasteiger partial charge >= 0.3 is 0 Å². The zero-order valence-electron chi connectivity index (χ0n) is 17.3. The van der Waals surface area contributed by atoms with Crippen LogP contribution in [0.5, 0.6) is 5.75 Å². The zero-order chi connectivity index (χ0) is 22.2. The Hall–Kier alpha value is -3.84. The van der Waals surface area contributed by atoms with Crippen LogP contribution in [0.25, 0.3) is 11.1 Å². The average Bonchev–Trinajstić information content (AvgIpc) is 2.83. The molecule has 32 heavy (non-hydrogen) atoms. The van der Waals surface area contributed by atoms with Crippen molar-refractivity contribution in [3.63, 3.8) is 0 Å². The maximum Gasteiger partial charge on any atom is 0.262 e. The first-order chi connectivity index (χ1) is 15.6. The van der Waals surface area contributed by atoms with E-state index in [1.165, 1.54) is 0 Å². The molecule has 0 atom stereocenters. The van der Waals surface area contributed by atoms with Crippen molar-refractivity contribution in [3.05, 3.63) is 103 Å². The third-order valence-corrected chi connectivity index (χ3v) is 6.17. The molecule has 6 nitrogen and oxygen atoms in total. The Labute approximate surface area is 188 Å². The summed E-state index contributed by atoms with van der Waals surface area (Å²) in [7, 11) is -3.79. The summed E-state index contributed by atoms with van der Waals surface area (Å²) in [5.74, 6) is 0.582. The number of rotatable bonds is 9. The fourth-order valence-corrected chi connectivity index (χ4v) is 4.53. The Morgan fingerprint density at radius 2 is 1.53 bits per heavy atom. The summed E-state index contributed by atoms with van der Waals surface area (Å²) in [4.78, 5) is 4.20. The van der Waals surface area contributed by atoms with Gasteiger partial charge in [-0.2, -0.15) is 0 Å². The second kappa shape index (κ2) is 9.98. The van der Waals surface area contributed by atoms with Crippen LogP contribution < -0.4 is 14.8 Å². The SMILES string of the molecule is O=S(=O)(Nc1cccc(OCCNc2ccncc2)c1)c1ccccc1-c1ccccc1. The number of sulfonamides is 1. The summed E-state index contributed by atoms with van der Waals surface area (Å²) >= 11 is 0. The van der Waals surface area contributed by atoms with Crippen molar-refractivity contribution in [2.75, 3.05) is 23.2 Å². The molecule has 0 saturated heterocycles. The Bertz CT molecular complexity index is 1260. The van der Waals surface area contributed by atoms with Gasteiger partial charge in [-0.1, -0.05) is 54.6 Å². The molecule has 0 radical (unpaired) electrons. The van der Waals surface area contributed by atoms with Crippen molar-refractivity contribution in [3.8, 4) is 16.9 Å². The van der Waals surface area contributed by atoms with Gasteiger partial charge < -0.3 is 10.1 Å². The number of pyridine rings is 1. The van der Waals surface area contributed by atoms with Gasteiger partial charge in [-0.3, -0.25) is 9.71 Å². The average molecular weight is 446 g/mol. The first-order valence-corrected chi connectivity index (χ1v) is 11.6. The number of nitrogens with one attached hydrogen (secondary N) is 2. The van der Waals surface area contributed by atoms with Gasteiger partial charge in [-0.15, -0.1) is 0 Å². The molecule has 0 unspecified atom stereocenters. The predicted octanol–water partition coefficient (Wildman–Crippen LogP) is 5.04. The standard InChI is InChI=1S/C25H23N3O3S/c29-32(30,25-12-5-4-11-24(25)20-7-2-1-3-8-20)28-22-9-6-10-23(19-22)31-18-17-27-21-13-15-26-16-14-21/h1-16,19,28H,17-18H2,(H,26,27). The number of hydrogen-bond acceptors (Lipinski definition) is 5. The molecule has 0 saturated carbocycles. The summed E-state index contributed by atoms with van der Waals surface area (Å²) in [5.41, 5.74) is 2.89. The van der Waals surface area contributed by atoms with E-state index in [-0.39, 0.29) is 4.90 Å². The van der Waals surface area contributed by atoms with Crippen LogP contribution in [0.15, 0.2) is 108 Å². The first kappa shape index (κ1) is 21.4. The van der Waals surface area contributed by atoms with Gasteiger partial charge in [-0.25, -0.2) is 8.42 Å². The van der Waals surface area contributed by atoms with Crippen LogP contribution in [-0.2, 0) is 10.0 Å². The fraction of sp³-hybridized carbons (Fsp3) is 0.0800. The molecular weight excluding hydrogens is 422 g/mol. The van der Waals surface area contributed by atoms with Gasteiger partial charge in [0.25, 0.3) is 10.0 Å². The number of benzene rings is 3. The smallest absolute Gasteiger partial charge is 0.262 e. The van der Waals surface area contributed by atoms with Gasteiger partial charge in [0.05, 0.1) is 10.6 Å². The Balaban J connectivity index is 1.44. The molecule has 0 spiro atoms. The summed E-state index contributed by atoms with van der Waals surface area (Å²) in [6.07, 6.45) is 3.43. The Morgan fingerprint density at radius 3 is 2.34 bits per heavy atom. The first-order valence-electron chi connectivity index (χ1n) is 10.2. The monoisotopic (exact) mass is 445 g/mol. The third-order valence-electron chi connectivity index (χ3n) is 4.73. The normalized spacial score (nSPS) is 11.0. The van der Waals surface area contributed by atoms with E-state index < -0.39 is 10.0 Å². The highest BCUT2D eigenvalue weighted by atomic mass is 32.2. The highest BCUT2D eigenvalue weighted by molar-refractivity contribution is 7.92. The molecule has 4 rings (SSSR count). The van der Waals surface area contributed by atoms with Crippen LogP contribution in [0, 0.1) is 0 Å². The zero-order valence-corrected chi connectivity index (χ0v) is 18.1. The number of aromatic nitrogens is 1. The van der Waals surface area contributed by atoms with E-state index in [2.05, 4.69) is 15.0 Å². The number of hydrogen-bond donors (Lipinski definition) is 2. The van der Waals surface area contributed by atoms with Crippen molar-refractivity contribution in [2.45, 2.75) is 4.90 Å². The van der Waals surface area contributed by atoms with Crippen LogP contribution >= 0.6 is 0 Å². The second-order valence-electron chi connectivity index (χ2n) is 7.01. The lowest BCUT2D eigenvalue weighted by Crippen LogP contribution is -2.14. The molecule has 0 aliphatic carbocycles. The minimum atomic E-state index is -3.79. The molecule has 0 bridgehead atoms. The fourth-order valence-electron chi connectivity index (χ4n) is 3.25. The topological polar surface area (TPSA) is 80.3 Å². The van der Waals surface area contributed by atoms with Crippen LogP contribution in [0.4, 0.5) is 11.4 Å². The van der Waals surface area contributed by atoms with E-state index in [9.17, 15) is 8.42 Å². The lowest BCUT2D eigenvalue weighted by atomic mass is 10.1. The molecule has 3 aromatic carbocycles. The lowest BCUT2D eigenvalue weighted by Gasteiger charge is -2.14. The number of nitrogens with zero attached hydrogens (tertiary/aromatic N) is 1.